The number of nitrogens with zero attached hydrogens (tertiary/aromatic N) is 1. The Balaban J connectivity index is 2.43. The summed E-state index contributed by atoms with van der Waals surface area (Å²) in [5, 5.41) is 9.47. The first-order chi connectivity index (χ1) is 8.60. The van der Waals surface area contributed by atoms with Gasteiger partial charge in [-0.3, -0.25) is 0 Å². The molecule has 0 spiro atoms. The third-order valence-electron chi connectivity index (χ3n) is 3.44. The number of alkyl halides is 3. The van der Waals surface area contributed by atoms with Crippen molar-refractivity contribution in [1.82, 2.24) is 4.90 Å². The van der Waals surface area contributed by atoms with Crippen LogP contribution in [0.25, 0.3) is 0 Å². The molecule has 4 nitrogen and oxygen atoms in total. The topological polar surface area (TPSA) is 57.6 Å². The second-order valence-corrected chi connectivity index (χ2v) is 7.33. The van der Waals surface area contributed by atoms with Gasteiger partial charge >= 0.3 is 6.18 Å². The summed E-state index contributed by atoms with van der Waals surface area (Å²) in [6, 6.07) is 0. The molecule has 0 aromatic heterocycles. The van der Waals surface area contributed by atoms with E-state index in [1.807, 2.05) is 0 Å². The first kappa shape index (κ1) is 16.7. The number of hydrogen-bond donors (Lipinski definition) is 1. The molecule has 1 aliphatic rings. The summed E-state index contributed by atoms with van der Waals surface area (Å²) in [7, 11) is -3.11. The molecule has 1 heterocycles. The molecule has 0 saturated carbocycles. The van der Waals surface area contributed by atoms with Crippen LogP contribution < -0.4 is 0 Å². The summed E-state index contributed by atoms with van der Waals surface area (Å²) >= 11 is 0. The molecule has 1 fully saturated rings. The van der Waals surface area contributed by atoms with Gasteiger partial charge in [-0.05, 0) is 19.3 Å². The van der Waals surface area contributed by atoms with Crippen LogP contribution in [0.15, 0.2) is 0 Å². The maximum absolute atomic E-state index is 12.6. The van der Waals surface area contributed by atoms with Crippen LogP contribution in [-0.4, -0.2) is 61.3 Å². The highest BCUT2D eigenvalue weighted by Crippen LogP contribution is 2.38. The van der Waals surface area contributed by atoms with E-state index in [1.54, 1.807) is 11.8 Å². The summed E-state index contributed by atoms with van der Waals surface area (Å²) in [6.45, 7) is 2.13. The van der Waals surface area contributed by atoms with Crippen molar-refractivity contribution in [3.8, 4) is 0 Å². The van der Waals surface area contributed by atoms with E-state index in [0.717, 1.165) is 0 Å². The highest BCUT2D eigenvalue weighted by atomic mass is 32.2. The largest absolute Gasteiger partial charge is 0.417 e. The molecule has 114 valence electrons. The minimum Gasteiger partial charge on any atom is -0.380 e. The van der Waals surface area contributed by atoms with E-state index in [0.29, 0.717) is 6.42 Å². The van der Waals surface area contributed by atoms with Crippen LogP contribution in [0.5, 0.6) is 0 Å². The van der Waals surface area contributed by atoms with E-state index < -0.39 is 34.5 Å². The molecule has 0 aromatic rings. The van der Waals surface area contributed by atoms with Crippen LogP contribution in [0, 0.1) is 0 Å². The maximum atomic E-state index is 12.6. The fourth-order valence-electron chi connectivity index (χ4n) is 2.11. The van der Waals surface area contributed by atoms with Crippen molar-refractivity contribution in [2.45, 2.75) is 38.0 Å². The molecule has 0 radical (unpaired) electrons. The van der Waals surface area contributed by atoms with Crippen LogP contribution in [0.3, 0.4) is 0 Å². The Bertz CT molecular complexity index is 386. The number of aliphatic hydroxyl groups is 1. The zero-order chi connectivity index (χ0) is 14.7. The summed E-state index contributed by atoms with van der Waals surface area (Å²) in [6.07, 6.45) is -4.88. The zero-order valence-electron chi connectivity index (χ0n) is 10.9. The van der Waals surface area contributed by atoms with Gasteiger partial charge in [0.25, 0.3) is 0 Å². The van der Waals surface area contributed by atoms with Crippen molar-refractivity contribution in [1.29, 1.82) is 0 Å². The normalized spacial score (nSPS) is 21.5. The highest BCUT2D eigenvalue weighted by molar-refractivity contribution is 7.91. The minimum absolute atomic E-state index is 0.0364. The summed E-state index contributed by atoms with van der Waals surface area (Å²) in [5.41, 5.74) is -2.62. The quantitative estimate of drug-likeness (QED) is 0.829. The number of halogens is 3. The second-order valence-electron chi connectivity index (χ2n) is 5.02. The van der Waals surface area contributed by atoms with Gasteiger partial charge in [0, 0.05) is 25.4 Å². The molecule has 1 rings (SSSR count). The molecule has 0 amide bonds. The Morgan fingerprint density at radius 1 is 1.21 bits per heavy atom. The van der Waals surface area contributed by atoms with Gasteiger partial charge in [0.1, 0.15) is 0 Å². The maximum Gasteiger partial charge on any atom is 0.417 e. The number of hydrogen-bond acceptors (Lipinski definition) is 4. The molecule has 19 heavy (non-hydrogen) atoms. The zero-order valence-corrected chi connectivity index (χ0v) is 11.7. The highest BCUT2D eigenvalue weighted by Gasteiger charge is 2.54. The molecule has 1 aliphatic heterocycles. The van der Waals surface area contributed by atoms with Gasteiger partial charge in [-0.1, -0.05) is 6.92 Å². The Labute approximate surface area is 111 Å². The average Bonchev–Trinajstić information content (AvgIpc) is 2.27. The number of likely N-dealkylation sites (tertiary alicyclic amines) is 1. The van der Waals surface area contributed by atoms with E-state index in [1.165, 1.54) is 0 Å². The molecule has 0 bridgehead atoms. The predicted molar refractivity (Wildman–Crippen MR) is 65.6 cm³/mol. The lowest BCUT2D eigenvalue weighted by Crippen LogP contribution is -2.53. The summed E-state index contributed by atoms with van der Waals surface area (Å²) in [4.78, 5) is 1.66. The molecule has 8 heteroatoms. The van der Waals surface area contributed by atoms with Crippen LogP contribution in [0.2, 0.25) is 0 Å². The lowest BCUT2D eigenvalue weighted by Gasteiger charge is -2.39. The first-order valence-electron chi connectivity index (χ1n) is 6.31. The van der Waals surface area contributed by atoms with Crippen molar-refractivity contribution >= 4 is 9.84 Å². The van der Waals surface area contributed by atoms with E-state index in [4.69, 9.17) is 0 Å². The fraction of sp³-hybridized carbons (Fsp3) is 1.00. The smallest absolute Gasteiger partial charge is 0.380 e. The second kappa shape index (κ2) is 5.97. The Hall–Kier alpha value is -0.340. The number of rotatable bonds is 5. The van der Waals surface area contributed by atoms with Gasteiger partial charge in [-0.25, -0.2) is 8.42 Å². The summed E-state index contributed by atoms with van der Waals surface area (Å²) < 4.78 is 60.7. The van der Waals surface area contributed by atoms with Crippen molar-refractivity contribution in [3.05, 3.63) is 0 Å². The molecule has 0 aromatic carbocycles. The van der Waals surface area contributed by atoms with E-state index >= 15 is 0 Å². The molecule has 1 saturated heterocycles. The van der Waals surface area contributed by atoms with Crippen LogP contribution in [0.4, 0.5) is 13.2 Å². The van der Waals surface area contributed by atoms with Gasteiger partial charge < -0.3 is 10.0 Å². The van der Waals surface area contributed by atoms with E-state index in [-0.39, 0.29) is 31.1 Å². The lowest BCUT2D eigenvalue weighted by molar-refractivity contribution is -0.272. The Morgan fingerprint density at radius 2 is 1.74 bits per heavy atom. The fourth-order valence-corrected chi connectivity index (χ4v) is 3.47. The number of piperidine rings is 1. The molecular weight excluding hydrogens is 283 g/mol. The molecule has 0 unspecified atom stereocenters. The summed E-state index contributed by atoms with van der Waals surface area (Å²) in [5.74, 6) is 0.0681. The van der Waals surface area contributed by atoms with Gasteiger partial charge in [-0.2, -0.15) is 13.2 Å². The van der Waals surface area contributed by atoms with E-state index in [9.17, 15) is 26.7 Å². The van der Waals surface area contributed by atoms with E-state index in [2.05, 4.69) is 0 Å². The van der Waals surface area contributed by atoms with Crippen LogP contribution in [0.1, 0.15) is 26.2 Å². The van der Waals surface area contributed by atoms with Gasteiger partial charge in [0.2, 0.25) is 0 Å². The molecule has 1 N–H and O–H groups in total. The average molecular weight is 303 g/mol. The van der Waals surface area contributed by atoms with Crippen LogP contribution >= 0.6 is 0 Å². The van der Waals surface area contributed by atoms with Crippen LogP contribution in [-0.2, 0) is 9.84 Å². The molecular formula is C11H20F3NO3S. The third kappa shape index (κ3) is 4.61. The lowest BCUT2D eigenvalue weighted by atomic mass is 9.91. The standard InChI is InChI=1S/C11H20F3NO3S/c1-2-8-19(17,18)9-7-15-5-3-10(16,4-6-15)11(12,13)14/h16H,2-9H2,1H3. The first-order valence-corrected chi connectivity index (χ1v) is 8.14. The van der Waals surface area contributed by atoms with Crippen molar-refractivity contribution in [3.63, 3.8) is 0 Å². The van der Waals surface area contributed by atoms with Gasteiger partial charge in [-0.15, -0.1) is 0 Å². The number of sulfone groups is 1. The predicted octanol–water partition coefficient (Wildman–Crippen LogP) is 1.20. The molecule has 0 atom stereocenters. The monoisotopic (exact) mass is 303 g/mol. The SMILES string of the molecule is CCCS(=O)(=O)CCN1CCC(O)(C(F)(F)F)CC1. The Morgan fingerprint density at radius 3 is 2.16 bits per heavy atom. The van der Waals surface area contributed by atoms with Gasteiger partial charge in [0.15, 0.2) is 15.4 Å². The van der Waals surface area contributed by atoms with Crippen molar-refractivity contribution in [2.24, 2.45) is 0 Å². The molecule has 0 aliphatic carbocycles. The van der Waals surface area contributed by atoms with Crippen molar-refractivity contribution in [2.75, 3.05) is 31.1 Å². The minimum atomic E-state index is -4.62. The Kier molecular flexibility index (Phi) is 5.25. The third-order valence-corrected chi connectivity index (χ3v) is 5.28. The van der Waals surface area contributed by atoms with Crippen molar-refractivity contribution < 1.29 is 26.7 Å². The van der Waals surface area contributed by atoms with Gasteiger partial charge in [0.05, 0.1) is 5.75 Å².